The first-order valence-electron chi connectivity index (χ1n) is 10.8. The lowest BCUT2D eigenvalue weighted by Crippen LogP contribution is -2.56. The van der Waals surface area contributed by atoms with Gasteiger partial charge in [-0.05, 0) is 50.3 Å². The molecule has 8 heteroatoms. The predicted octanol–water partition coefficient (Wildman–Crippen LogP) is 3.55. The van der Waals surface area contributed by atoms with Gasteiger partial charge in [-0.3, -0.25) is 4.79 Å². The van der Waals surface area contributed by atoms with Crippen molar-refractivity contribution in [1.82, 2.24) is 15.1 Å². The van der Waals surface area contributed by atoms with Gasteiger partial charge in [0.1, 0.15) is 5.75 Å². The molecule has 0 aromatic heterocycles. The van der Waals surface area contributed by atoms with Crippen LogP contribution in [0.15, 0.2) is 18.2 Å². The lowest BCUT2D eigenvalue weighted by molar-refractivity contribution is 0.0209. The molecule has 1 aromatic carbocycles. The number of benzene rings is 1. The first-order chi connectivity index (χ1) is 14.5. The van der Waals surface area contributed by atoms with Crippen LogP contribution in [-0.2, 0) is 4.74 Å². The number of piperidine rings is 1. The molecule has 30 heavy (non-hydrogen) atoms. The van der Waals surface area contributed by atoms with Crippen LogP contribution in [0.3, 0.4) is 0 Å². The minimum Gasteiger partial charge on any atom is -0.496 e. The molecule has 2 aliphatic heterocycles. The van der Waals surface area contributed by atoms with Crippen molar-refractivity contribution in [2.45, 2.75) is 51.1 Å². The zero-order valence-corrected chi connectivity index (χ0v) is 18.6. The van der Waals surface area contributed by atoms with Gasteiger partial charge in [-0.1, -0.05) is 18.5 Å². The molecule has 0 bridgehead atoms. The van der Waals surface area contributed by atoms with Crippen molar-refractivity contribution in [3.05, 3.63) is 28.8 Å². The minimum absolute atomic E-state index is 0.00466. The highest BCUT2D eigenvalue weighted by atomic mass is 35.5. The summed E-state index contributed by atoms with van der Waals surface area (Å²) in [6.07, 6.45) is 4.13. The van der Waals surface area contributed by atoms with Crippen LogP contribution in [-0.4, -0.2) is 73.8 Å². The molecule has 0 unspecified atom stereocenters. The highest BCUT2D eigenvalue weighted by Gasteiger charge is 2.35. The number of amides is 3. The molecule has 1 aromatic rings. The Morgan fingerprint density at radius 2 is 1.87 bits per heavy atom. The van der Waals surface area contributed by atoms with Gasteiger partial charge < -0.3 is 24.6 Å². The summed E-state index contributed by atoms with van der Waals surface area (Å²) < 4.78 is 10.8. The molecule has 0 radical (unpaired) electrons. The molecule has 2 heterocycles. The topological polar surface area (TPSA) is 71.1 Å². The van der Waals surface area contributed by atoms with E-state index in [0.29, 0.717) is 49.2 Å². The number of likely N-dealkylation sites (tertiary alicyclic amines) is 1. The number of carbonyl (C=O) groups is 2. The van der Waals surface area contributed by atoms with Crippen molar-refractivity contribution in [2.24, 2.45) is 0 Å². The Morgan fingerprint density at radius 3 is 2.50 bits per heavy atom. The summed E-state index contributed by atoms with van der Waals surface area (Å²) in [5.41, 5.74) is 0.477. The number of ether oxygens (including phenoxy) is 2. The Bertz CT molecular complexity index is 731. The standard InChI is InChI=1S/C22H32ClN3O4/c1-3-10-24-22(28)26(18-8-13-30-14-9-18)17-6-11-25(12-7-17)21(27)19-15-16(23)4-5-20(19)29-2/h4-5,15,17-18H,3,6-14H2,1-2H3,(H,24,28). The predicted molar refractivity (Wildman–Crippen MR) is 116 cm³/mol. The maximum atomic E-state index is 13.1. The van der Waals surface area contributed by atoms with Crippen molar-refractivity contribution in [3.63, 3.8) is 0 Å². The summed E-state index contributed by atoms with van der Waals surface area (Å²) in [4.78, 5) is 29.8. The molecule has 1 N–H and O–H groups in total. The van der Waals surface area contributed by atoms with Crippen LogP contribution in [0, 0.1) is 0 Å². The lowest BCUT2D eigenvalue weighted by Gasteiger charge is -2.43. The molecule has 0 aliphatic carbocycles. The zero-order chi connectivity index (χ0) is 21.5. The van der Waals surface area contributed by atoms with Crippen molar-refractivity contribution < 1.29 is 19.1 Å². The summed E-state index contributed by atoms with van der Waals surface area (Å²) in [7, 11) is 1.55. The van der Waals surface area contributed by atoms with Crippen molar-refractivity contribution in [2.75, 3.05) is 40.0 Å². The van der Waals surface area contributed by atoms with E-state index in [4.69, 9.17) is 21.1 Å². The third-order valence-electron chi connectivity index (χ3n) is 5.88. The van der Waals surface area contributed by atoms with Gasteiger partial charge in [-0.25, -0.2) is 4.79 Å². The number of nitrogens with zero attached hydrogens (tertiary/aromatic N) is 2. The SMILES string of the molecule is CCCNC(=O)N(C1CCOCC1)C1CCN(C(=O)c2cc(Cl)ccc2OC)CC1. The first kappa shape index (κ1) is 22.7. The average molecular weight is 438 g/mol. The fourth-order valence-electron chi connectivity index (χ4n) is 4.28. The smallest absolute Gasteiger partial charge is 0.317 e. The van der Waals surface area contributed by atoms with Gasteiger partial charge in [0.15, 0.2) is 0 Å². The lowest BCUT2D eigenvalue weighted by atomic mass is 9.97. The molecule has 0 atom stereocenters. The van der Waals surface area contributed by atoms with Crippen LogP contribution >= 0.6 is 11.6 Å². The maximum Gasteiger partial charge on any atom is 0.317 e. The quantitative estimate of drug-likeness (QED) is 0.738. The van der Waals surface area contributed by atoms with Crippen molar-refractivity contribution >= 4 is 23.5 Å². The number of carbonyl (C=O) groups excluding carboxylic acids is 2. The Balaban J connectivity index is 1.67. The third-order valence-corrected chi connectivity index (χ3v) is 6.12. The van der Waals surface area contributed by atoms with Crippen LogP contribution in [0.2, 0.25) is 5.02 Å². The molecule has 2 aliphatic rings. The number of halogens is 1. The fraction of sp³-hybridized carbons (Fsp3) is 0.636. The van der Waals surface area contributed by atoms with Crippen molar-refractivity contribution in [3.8, 4) is 5.75 Å². The highest BCUT2D eigenvalue weighted by molar-refractivity contribution is 6.31. The van der Waals surface area contributed by atoms with E-state index in [1.165, 1.54) is 0 Å². The summed E-state index contributed by atoms with van der Waals surface area (Å²) in [5, 5.41) is 3.55. The van der Waals surface area contributed by atoms with E-state index in [1.54, 1.807) is 25.3 Å². The second kappa shape index (κ2) is 10.9. The molecule has 3 rings (SSSR count). The van der Waals surface area contributed by atoms with Gasteiger partial charge in [0.2, 0.25) is 0 Å². The number of nitrogens with one attached hydrogen (secondary N) is 1. The second-order valence-electron chi connectivity index (χ2n) is 7.85. The normalized spacial score (nSPS) is 18.2. The van der Waals surface area contributed by atoms with Gasteiger partial charge in [-0.2, -0.15) is 0 Å². The largest absolute Gasteiger partial charge is 0.496 e. The van der Waals surface area contributed by atoms with E-state index in [1.807, 2.05) is 16.7 Å². The molecular formula is C22H32ClN3O4. The summed E-state index contributed by atoms with van der Waals surface area (Å²) in [6, 6.07) is 5.40. The molecule has 0 spiro atoms. The average Bonchev–Trinajstić information content (AvgIpc) is 2.78. The molecule has 0 saturated carbocycles. The van der Waals surface area contributed by atoms with Gasteiger partial charge in [0.05, 0.1) is 12.7 Å². The fourth-order valence-corrected chi connectivity index (χ4v) is 4.45. The monoisotopic (exact) mass is 437 g/mol. The van der Waals surface area contributed by atoms with Crippen LogP contribution in [0.4, 0.5) is 4.79 Å². The molecule has 166 valence electrons. The van der Waals surface area contributed by atoms with Crippen molar-refractivity contribution in [1.29, 1.82) is 0 Å². The highest BCUT2D eigenvalue weighted by Crippen LogP contribution is 2.28. The molecule has 7 nitrogen and oxygen atoms in total. The zero-order valence-electron chi connectivity index (χ0n) is 17.9. The number of rotatable bonds is 6. The molecular weight excluding hydrogens is 406 g/mol. The number of hydrogen-bond donors (Lipinski definition) is 1. The van der Waals surface area contributed by atoms with E-state index >= 15 is 0 Å². The Hall–Kier alpha value is -1.99. The van der Waals surface area contributed by atoms with Gasteiger partial charge in [-0.15, -0.1) is 0 Å². The van der Waals surface area contributed by atoms with E-state index in [2.05, 4.69) is 5.32 Å². The Morgan fingerprint density at radius 1 is 1.20 bits per heavy atom. The second-order valence-corrected chi connectivity index (χ2v) is 8.29. The van der Waals surface area contributed by atoms with E-state index in [-0.39, 0.29) is 24.0 Å². The van der Waals surface area contributed by atoms with Gasteiger partial charge in [0.25, 0.3) is 5.91 Å². The molecule has 3 amide bonds. The Kier molecular flexibility index (Phi) is 8.22. The number of methoxy groups -OCH3 is 1. The van der Waals surface area contributed by atoms with Crippen LogP contribution in [0.5, 0.6) is 5.75 Å². The van der Waals surface area contributed by atoms with E-state index in [9.17, 15) is 9.59 Å². The number of urea groups is 1. The van der Waals surface area contributed by atoms with Gasteiger partial charge >= 0.3 is 6.03 Å². The van der Waals surface area contributed by atoms with E-state index in [0.717, 1.165) is 32.1 Å². The summed E-state index contributed by atoms with van der Waals surface area (Å²) in [5.74, 6) is 0.440. The number of hydrogen-bond acceptors (Lipinski definition) is 4. The minimum atomic E-state index is -0.0825. The summed E-state index contributed by atoms with van der Waals surface area (Å²) in [6.45, 7) is 5.29. The molecule has 2 fully saturated rings. The first-order valence-corrected chi connectivity index (χ1v) is 11.2. The third kappa shape index (κ3) is 5.38. The maximum absolute atomic E-state index is 13.1. The van der Waals surface area contributed by atoms with E-state index < -0.39 is 0 Å². The van der Waals surface area contributed by atoms with Crippen LogP contribution in [0.25, 0.3) is 0 Å². The Labute approximate surface area is 183 Å². The van der Waals surface area contributed by atoms with Crippen LogP contribution < -0.4 is 10.1 Å². The van der Waals surface area contributed by atoms with Gasteiger partial charge in [0, 0.05) is 50.0 Å². The summed E-state index contributed by atoms with van der Waals surface area (Å²) >= 11 is 6.10. The molecule has 2 saturated heterocycles. The van der Waals surface area contributed by atoms with Crippen LogP contribution in [0.1, 0.15) is 49.4 Å².